The van der Waals surface area contributed by atoms with Crippen molar-refractivity contribution in [1.29, 1.82) is 5.26 Å². The normalized spacial score (nSPS) is 12.8. The summed E-state index contributed by atoms with van der Waals surface area (Å²) in [6.45, 7) is -1.22. The summed E-state index contributed by atoms with van der Waals surface area (Å²) in [5, 5.41) is 27.9. The third-order valence-corrected chi connectivity index (χ3v) is 2.15. The zero-order valence-electron chi connectivity index (χ0n) is 9.09. The predicted octanol–water partition coefficient (Wildman–Crippen LogP) is 0.551. The Bertz CT molecular complexity index is 602. The van der Waals surface area contributed by atoms with Crippen LogP contribution in [0.15, 0.2) is 17.1 Å². The summed E-state index contributed by atoms with van der Waals surface area (Å²) < 4.78 is 36.7. The maximum absolute atomic E-state index is 12.1. The van der Waals surface area contributed by atoms with Gasteiger partial charge in [0.15, 0.2) is 6.10 Å². The molecule has 0 aliphatic carbocycles. The van der Waals surface area contributed by atoms with E-state index in [4.69, 9.17) is 10.4 Å². The zero-order chi connectivity index (χ0) is 14.8. The second-order valence-electron chi connectivity index (χ2n) is 3.50. The smallest absolute Gasteiger partial charge is 0.382 e. The van der Waals surface area contributed by atoms with Crippen molar-refractivity contribution < 1.29 is 23.2 Å². The number of pyridine rings is 1. The fourth-order valence-corrected chi connectivity index (χ4v) is 1.23. The molecule has 0 radical (unpaired) electrons. The van der Waals surface area contributed by atoms with Crippen molar-refractivity contribution >= 4 is 5.69 Å². The van der Waals surface area contributed by atoms with Gasteiger partial charge in [-0.1, -0.05) is 0 Å². The van der Waals surface area contributed by atoms with Crippen LogP contribution in [0.25, 0.3) is 0 Å². The van der Waals surface area contributed by atoms with Gasteiger partial charge in [0.2, 0.25) is 0 Å². The number of nitro groups is 1. The number of aliphatic hydroxyl groups excluding tert-OH is 1. The molecule has 1 rings (SSSR count). The van der Waals surface area contributed by atoms with Crippen LogP contribution in [-0.4, -0.2) is 26.9 Å². The first-order valence-electron chi connectivity index (χ1n) is 4.70. The Morgan fingerprint density at radius 3 is 2.58 bits per heavy atom. The molecule has 0 aliphatic rings. The summed E-state index contributed by atoms with van der Waals surface area (Å²) in [4.78, 5) is 21.0. The van der Waals surface area contributed by atoms with Crippen molar-refractivity contribution in [3.63, 3.8) is 0 Å². The number of nitriles is 1. The molecule has 1 aromatic rings. The number of aromatic nitrogens is 1. The highest BCUT2D eigenvalue weighted by Gasteiger charge is 2.38. The average Bonchev–Trinajstić information content (AvgIpc) is 2.30. The highest BCUT2D eigenvalue weighted by Crippen LogP contribution is 2.21. The highest BCUT2D eigenvalue weighted by atomic mass is 19.4. The fraction of sp³-hybridized carbons (Fsp3) is 0.333. The van der Waals surface area contributed by atoms with Crippen LogP contribution >= 0.6 is 0 Å². The molecule has 1 atom stereocenters. The van der Waals surface area contributed by atoms with Crippen LogP contribution in [0.4, 0.5) is 18.9 Å². The van der Waals surface area contributed by atoms with E-state index in [9.17, 15) is 28.1 Å². The van der Waals surface area contributed by atoms with Gasteiger partial charge in [0.25, 0.3) is 11.2 Å². The van der Waals surface area contributed by atoms with Crippen LogP contribution in [0.5, 0.6) is 0 Å². The van der Waals surface area contributed by atoms with Gasteiger partial charge in [-0.15, -0.1) is 0 Å². The molecule has 102 valence electrons. The van der Waals surface area contributed by atoms with Crippen LogP contribution in [0.2, 0.25) is 0 Å². The molecular weight excluding hydrogens is 271 g/mol. The number of nitrogens with zero attached hydrogens (tertiary/aromatic N) is 3. The lowest BCUT2D eigenvalue weighted by molar-refractivity contribution is -0.385. The minimum atomic E-state index is -4.98. The topological polar surface area (TPSA) is 109 Å². The van der Waals surface area contributed by atoms with E-state index in [1.165, 1.54) is 6.07 Å². The minimum Gasteiger partial charge on any atom is -0.382 e. The van der Waals surface area contributed by atoms with E-state index in [2.05, 4.69) is 0 Å². The van der Waals surface area contributed by atoms with E-state index in [1.807, 2.05) is 0 Å². The van der Waals surface area contributed by atoms with E-state index in [-0.39, 0.29) is 4.57 Å². The molecule has 1 heterocycles. The minimum absolute atomic E-state index is 0.287. The molecule has 19 heavy (non-hydrogen) atoms. The quantitative estimate of drug-likeness (QED) is 0.641. The first kappa shape index (κ1) is 14.7. The van der Waals surface area contributed by atoms with E-state index in [0.717, 1.165) is 0 Å². The van der Waals surface area contributed by atoms with Gasteiger partial charge in [0, 0.05) is 6.07 Å². The highest BCUT2D eigenvalue weighted by molar-refractivity contribution is 5.37. The van der Waals surface area contributed by atoms with E-state index in [1.54, 1.807) is 0 Å². The second-order valence-corrected chi connectivity index (χ2v) is 3.50. The van der Waals surface area contributed by atoms with E-state index in [0.29, 0.717) is 12.3 Å². The van der Waals surface area contributed by atoms with E-state index < -0.39 is 40.6 Å². The van der Waals surface area contributed by atoms with Crippen LogP contribution in [0.3, 0.4) is 0 Å². The third-order valence-electron chi connectivity index (χ3n) is 2.15. The summed E-state index contributed by atoms with van der Waals surface area (Å²) in [6, 6.07) is 1.99. The Morgan fingerprint density at radius 1 is 1.58 bits per heavy atom. The lowest BCUT2D eigenvalue weighted by Gasteiger charge is -2.15. The van der Waals surface area contributed by atoms with Gasteiger partial charge in [0.05, 0.1) is 17.7 Å². The van der Waals surface area contributed by atoms with Crippen LogP contribution in [0, 0.1) is 21.4 Å². The lowest BCUT2D eigenvalue weighted by Crippen LogP contribution is -2.36. The van der Waals surface area contributed by atoms with Gasteiger partial charge in [-0.25, -0.2) is 0 Å². The monoisotopic (exact) mass is 277 g/mol. The predicted molar refractivity (Wildman–Crippen MR) is 54.1 cm³/mol. The van der Waals surface area contributed by atoms with Crippen LogP contribution < -0.4 is 5.56 Å². The Labute approximate surface area is 103 Å². The summed E-state index contributed by atoms with van der Waals surface area (Å²) >= 11 is 0. The summed E-state index contributed by atoms with van der Waals surface area (Å²) in [5.41, 5.74) is -2.54. The second kappa shape index (κ2) is 5.07. The molecule has 0 unspecified atom stereocenters. The Balaban J connectivity index is 3.28. The number of aliphatic hydroxyl groups is 1. The molecule has 1 N–H and O–H groups in total. The summed E-state index contributed by atoms with van der Waals surface area (Å²) in [7, 11) is 0. The number of rotatable bonds is 3. The Kier molecular flexibility index (Phi) is 3.91. The Hall–Kier alpha value is -2.41. The molecular formula is C9H6F3N3O4. The molecule has 0 saturated carbocycles. The molecule has 0 spiro atoms. The van der Waals surface area contributed by atoms with Crippen LogP contribution in [0.1, 0.15) is 5.56 Å². The summed E-state index contributed by atoms with van der Waals surface area (Å²) in [6.07, 6.45) is -7.30. The van der Waals surface area contributed by atoms with Crippen LogP contribution in [-0.2, 0) is 6.54 Å². The first-order chi connectivity index (χ1) is 8.66. The van der Waals surface area contributed by atoms with Gasteiger partial charge in [0.1, 0.15) is 11.6 Å². The van der Waals surface area contributed by atoms with Gasteiger partial charge in [-0.05, 0) is 0 Å². The van der Waals surface area contributed by atoms with Crippen molar-refractivity contribution in [2.24, 2.45) is 0 Å². The molecule has 0 fully saturated rings. The Morgan fingerprint density at radius 2 is 2.16 bits per heavy atom. The summed E-state index contributed by atoms with van der Waals surface area (Å²) in [5.74, 6) is 0. The molecule has 0 aliphatic heterocycles. The van der Waals surface area contributed by atoms with Crippen molar-refractivity contribution in [2.75, 3.05) is 0 Å². The largest absolute Gasteiger partial charge is 0.416 e. The van der Waals surface area contributed by atoms with Crippen molar-refractivity contribution in [3.05, 3.63) is 38.3 Å². The first-order valence-corrected chi connectivity index (χ1v) is 4.70. The maximum atomic E-state index is 12.1. The van der Waals surface area contributed by atoms with Gasteiger partial charge >= 0.3 is 6.18 Å². The zero-order valence-corrected chi connectivity index (χ0v) is 9.09. The van der Waals surface area contributed by atoms with E-state index >= 15 is 0 Å². The van der Waals surface area contributed by atoms with Gasteiger partial charge < -0.3 is 9.67 Å². The average molecular weight is 277 g/mol. The molecule has 1 aromatic heterocycles. The number of halogens is 3. The van der Waals surface area contributed by atoms with Gasteiger partial charge in [-0.3, -0.25) is 14.9 Å². The SMILES string of the molecule is N#Cc1cc([N+](=O)[O-])cn(C[C@@H](O)C(F)(F)F)c1=O. The molecule has 0 aromatic carbocycles. The van der Waals surface area contributed by atoms with Crippen molar-refractivity contribution in [2.45, 2.75) is 18.8 Å². The van der Waals surface area contributed by atoms with Crippen molar-refractivity contribution in [3.8, 4) is 6.07 Å². The standard InChI is InChI=1S/C9H6F3N3O4/c10-9(11,12)7(16)4-14-3-6(15(18)19)1-5(2-13)8(14)17/h1,3,7,16H,4H2/t7-/m1/s1. The lowest BCUT2D eigenvalue weighted by atomic mass is 10.2. The molecule has 0 amide bonds. The molecule has 0 bridgehead atoms. The third kappa shape index (κ3) is 3.29. The number of alkyl halides is 3. The number of hydrogen-bond donors (Lipinski definition) is 1. The fourth-order valence-electron chi connectivity index (χ4n) is 1.23. The molecule has 7 nitrogen and oxygen atoms in total. The maximum Gasteiger partial charge on any atom is 0.416 e. The van der Waals surface area contributed by atoms with Gasteiger partial charge in [-0.2, -0.15) is 18.4 Å². The molecule has 10 heteroatoms. The van der Waals surface area contributed by atoms with Crippen molar-refractivity contribution in [1.82, 2.24) is 4.57 Å². The number of hydrogen-bond acceptors (Lipinski definition) is 5. The molecule has 0 saturated heterocycles.